The van der Waals surface area contributed by atoms with Gasteiger partial charge in [-0.15, -0.1) is 0 Å². The Morgan fingerprint density at radius 1 is 1.39 bits per heavy atom. The van der Waals surface area contributed by atoms with E-state index in [9.17, 15) is 9.90 Å². The molecule has 1 amide bonds. The number of aryl methyl sites for hydroxylation is 2. The van der Waals surface area contributed by atoms with Crippen LogP contribution >= 0.6 is 0 Å². The van der Waals surface area contributed by atoms with Gasteiger partial charge in [0.1, 0.15) is 6.33 Å². The van der Waals surface area contributed by atoms with E-state index >= 15 is 0 Å². The second-order valence-corrected chi connectivity index (χ2v) is 6.18. The third-order valence-electron chi connectivity index (χ3n) is 4.12. The Labute approximate surface area is 136 Å². The van der Waals surface area contributed by atoms with Crippen LogP contribution in [0.3, 0.4) is 0 Å². The van der Waals surface area contributed by atoms with Crippen molar-refractivity contribution >= 4 is 11.7 Å². The highest BCUT2D eigenvalue weighted by molar-refractivity contribution is 5.76. The third-order valence-corrected chi connectivity index (χ3v) is 4.12. The van der Waals surface area contributed by atoms with Crippen molar-refractivity contribution in [3.05, 3.63) is 23.3 Å². The first-order valence-electron chi connectivity index (χ1n) is 8.00. The van der Waals surface area contributed by atoms with Crippen molar-refractivity contribution in [2.45, 2.75) is 53.1 Å². The Morgan fingerprint density at radius 3 is 2.83 bits per heavy atom. The lowest BCUT2D eigenvalue weighted by molar-refractivity contribution is -0.121. The molecule has 1 atom stereocenters. The summed E-state index contributed by atoms with van der Waals surface area (Å²) in [6, 6.07) is 0. The third kappa shape index (κ3) is 4.25. The van der Waals surface area contributed by atoms with E-state index in [1.807, 2.05) is 27.7 Å². The Bertz CT molecular complexity index is 680. The van der Waals surface area contributed by atoms with Gasteiger partial charge in [0.15, 0.2) is 0 Å². The first-order chi connectivity index (χ1) is 10.9. The molecule has 7 heteroatoms. The van der Waals surface area contributed by atoms with Gasteiger partial charge in [0, 0.05) is 24.4 Å². The predicted molar refractivity (Wildman–Crippen MR) is 87.0 cm³/mol. The molecule has 1 unspecified atom stereocenters. The number of rotatable bonds is 7. The number of amides is 1. The molecule has 0 aliphatic rings. The molecule has 0 radical (unpaired) electrons. The molecule has 23 heavy (non-hydrogen) atoms. The maximum Gasteiger partial charge on any atom is 0.252 e. The maximum atomic E-state index is 12.0. The van der Waals surface area contributed by atoms with Crippen LogP contribution < -0.4 is 5.32 Å². The summed E-state index contributed by atoms with van der Waals surface area (Å²) in [6.07, 6.45) is 2.68. The number of hydrogen-bond donors (Lipinski definition) is 2. The molecule has 0 aliphatic heterocycles. The first-order valence-corrected chi connectivity index (χ1v) is 8.00. The molecule has 2 rings (SSSR count). The van der Waals surface area contributed by atoms with Crippen molar-refractivity contribution < 1.29 is 9.90 Å². The number of carbonyl (C=O) groups is 1. The molecule has 126 valence electrons. The molecule has 0 aromatic carbocycles. The van der Waals surface area contributed by atoms with Crippen LogP contribution in [0.4, 0.5) is 0 Å². The highest BCUT2D eigenvalue weighted by Gasteiger charge is 2.13. The van der Waals surface area contributed by atoms with E-state index < -0.39 is 0 Å². The van der Waals surface area contributed by atoms with Crippen LogP contribution in [-0.2, 0) is 11.2 Å². The molecule has 0 fully saturated rings. The fourth-order valence-corrected chi connectivity index (χ4v) is 2.54. The summed E-state index contributed by atoms with van der Waals surface area (Å²) in [5, 5.41) is 16.7. The summed E-state index contributed by atoms with van der Waals surface area (Å²) in [6.45, 7) is 8.31. The van der Waals surface area contributed by atoms with E-state index in [1.165, 1.54) is 6.33 Å². The quantitative estimate of drug-likeness (QED) is 0.800. The van der Waals surface area contributed by atoms with Crippen LogP contribution in [-0.4, -0.2) is 43.2 Å². The Balaban J connectivity index is 1.89. The first kappa shape index (κ1) is 17.3. The van der Waals surface area contributed by atoms with Crippen molar-refractivity contribution in [3.63, 3.8) is 0 Å². The molecule has 0 saturated heterocycles. The monoisotopic (exact) mass is 319 g/mol. The molecule has 2 aromatic rings. The van der Waals surface area contributed by atoms with E-state index in [-0.39, 0.29) is 17.9 Å². The SMILES string of the molecule is Cc1nc2ncnn2c(C)c1CCC(=O)NCCC(O)C(C)C. The molecule has 0 spiro atoms. The molecule has 0 bridgehead atoms. The number of hydrogen-bond acceptors (Lipinski definition) is 5. The van der Waals surface area contributed by atoms with Crippen LogP contribution in [0, 0.1) is 19.8 Å². The number of aliphatic hydroxyl groups is 1. The summed E-state index contributed by atoms with van der Waals surface area (Å²) in [5.41, 5.74) is 2.87. The predicted octanol–water partition coefficient (Wildman–Crippen LogP) is 1.20. The van der Waals surface area contributed by atoms with Crippen molar-refractivity contribution in [3.8, 4) is 0 Å². The average Bonchev–Trinajstić information content (AvgIpc) is 2.95. The number of carbonyl (C=O) groups excluding carboxylic acids is 1. The molecule has 7 nitrogen and oxygen atoms in total. The zero-order valence-electron chi connectivity index (χ0n) is 14.2. The number of fused-ring (bicyclic) bond motifs is 1. The van der Waals surface area contributed by atoms with Crippen molar-refractivity contribution in [2.75, 3.05) is 6.54 Å². The lowest BCUT2D eigenvalue weighted by Crippen LogP contribution is -2.29. The van der Waals surface area contributed by atoms with Crippen molar-refractivity contribution in [1.29, 1.82) is 0 Å². The molecular weight excluding hydrogens is 294 g/mol. The van der Waals surface area contributed by atoms with E-state index in [2.05, 4.69) is 20.4 Å². The van der Waals surface area contributed by atoms with Gasteiger partial charge in [-0.3, -0.25) is 4.79 Å². The fraction of sp³-hybridized carbons (Fsp3) is 0.625. The summed E-state index contributed by atoms with van der Waals surface area (Å²) in [4.78, 5) is 20.4. The van der Waals surface area contributed by atoms with Crippen LogP contribution in [0.1, 0.15) is 43.6 Å². The van der Waals surface area contributed by atoms with Crippen LogP contribution in [0.15, 0.2) is 6.33 Å². The van der Waals surface area contributed by atoms with Crippen LogP contribution in [0.2, 0.25) is 0 Å². The van der Waals surface area contributed by atoms with Crippen LogP contribution in [0.5, 0.6) is 0 Å². The Kier molecular flexibility index (Phi) is 5.65. The Morgan fingerprint density at radius 2 is 2.13 bits per heavy atom. The largest absolute Gasteiger partial charge is 0.393 e. The standard InChI is InChI=1S/C16H25N5O2/c1-10(2)14(22)7-8-17-15(23)6-5-13-11(3)20-16-18-9-19-21(16)12(13)4/h9-10,14,22H,5-8H2,1-4H3,(H,17,23). The van der Waals surface area contributed by atoms with E-state index in [0.717, 1.165) is 17.0 Å². The van der Waals surface area contributed by atoms with Crippen LogP contribution in [0.25, 0.3) is 5.78 Å². The summed E-state index contributed by atoms with van der Waals surface area (Å²) in [7, 11) is 0. The minimum absolute atomic E-state index is 0.0153. The highest BCUT2D eigenvalue weighted by Crippen LogP contribution is 2.14. The van der Waals surface area contributed by atoms with Gasteiger partial charge >= 0.3 is 0 Å². The Hall–Kier alpha value is -2.02. The van der Waals surface area contributed by atoms with Gasteiger partial charge in [0.2, 0.25) is 5.91 Å². The zero-order chi connectivity index (χ0) is 17.0. The molecule has 0 aliphatic carbocycles. The summed E-state index contributed by atoms with van der Waals surface area (Å²) in [5.74, 6) is 0.770. The lowest BCUT2D eigenvalue weighted by atomic mass is 10.0. The topological polar surface area (TPSA) is 92.4 Å². The van der Waals surface area contributed by atoms with Gasteiger partial charge < -0.3 is 10.4 Å². The van der Waals surface area contributed by atoms with Gasteiger partial charge in [0.25, 0.3) is 5.78 Å². The van der Waals surface area contributed by atoms with Crippen molar-refractivity contribution in [1.82, 2.24) is 24.9 Å². The molecule has 2 heterocycles. The van der Waals surface area contributed by atoms with E-state index in [4.69, 9.17) is 0 Å². The minimum atomic E-state index is -0.376. The average molecular weight is 319 g/mol. The molecular formula is C16H25N5O2. The number of nitrogens with one attached hydrogen (secondary N) is 1. The molecule has 2 aromatic heterocycles. The van der Waals surface area contributed by atoms with Gasteiger partial charge in [-0.25, -0.2) is 9.50 Å². The van der Waals surface area contributed by atoms with Gasteiger partial charge in [-0.1, -0.05) is 13.8 Å². The van der Waals surface area contributed by atoms with E-state index in [1.54, 1.807) is 4.52 Å². The zero-order valence-corrected chi connectivity index (χ0v) is 14.2. The lowest BCUT2D eigenvalue weighted by Gasteiger charge is -2.14. The molecule has 0 saturated carbocycles. The molecule has 2 N–H and O–H groups in total. The van der Waals surface area contributed by atoms with E-state index in [0.29, 0.717) is 31.6 Å². The summed E-state index contributed by atoms with van der Waals surface area (Å²) >= 11 is 0. The normalized spacial score (nSPS) is 12.8. The second kappa shape index (κ2) is 7.50. The number of aliphatic hydroxyl groups excluding tert-OH is 1. The smallest absolute Gasteiger partial charge is 0.252 e. The van der Waals surface area contributed by atoms with Gasteiger partial charge in [0.05, 0.1) is 6.10 Å². The fourth-order valence-electron chi connectivity index (χ4n) is 2.54. The number of aromatic nitrogens is 4. The van der Waals surface area contributed by atoms with Gasteiger partial charge in [-0.05, 0) is 38.2 Å². The number of nitrogens with zero attached hydrogens (tertiary/aromatic N) is 4. The minimum Gasteiger partial charge on any atom is -0.393 e. The van der Waals surface area contributed by atoms with Crippen molar-refractivity contribution in [2.24, 2.45) is 5.92 Å². The highest BCUT2D eigenvalue weighted by atomic mass is 16.3. The second-order valence-electron chi connectivity index (χ2n) is 6.18. The maximum absolute atomic E-state index is 12.0. The summed E-state index contributed by atoms with van der Waals surface area (Å²) < 4.78 is 1.69. The van der Waals surface area contributed by atoms with Gasteiger partial charge in [-0.2, -0.15) is 10.1 Å².